The minimum atomic E-state index is -0.253. The van der Waals surface area contributed by atoms with Crippen LogP contribution in [0, 0.1) is 25.2 Å². The van der Waals surface area contributed by atoms with E-state index in [-0.39, 0.29) is 5.56 Å². The second-order valence-electron chi connectivity index (χ2n) is 6.86. The SMILES string of the molecule is [CH2]c1n[nH]c(=O)c2ccc(-c3cnn(C)c3/C=C(\C#N)c3ccc(C)cc3)cc12. The number of nitriles is 1. The second kappa shape index (κ2) is 7.21. The van der Waals surface area contributed by atoms with Crippen molar-refractivity contribution in [3.05, 3.63) is 88.5 Å². The lowest BCUT2D eigenvalue weighted by molar-refractivity contribution is 0.760. The van der Waals surface area contributed by atoms with Gasteiger partial charge in [-0.05, 0) is 43.2 Å². The first-order valence-corrected chi connectivity index (χ1v) is 9.03. The molecule has 2 heterocycles. The number of hydrogen-bond acceptors (Lipinski definition) is 4. The minimum Gasteiger partial charge on any atom is -0.268 e. The van der Waals surface area contributed by atoms with E-state index in [9.17, 15) is 10.1 Å². The molecule has 0 fully saturated rings. The summed E-state index contributed by atoms with van der Waals surface area (Å²) in [6.45, 7) is 5.91. The number of fused-ring (bicyclic) bond motifs is 1. The molecule has 6 nitrogen and oxygen atoms in total. The van der Waals surface area contributed by atoms with E-state index in [1.54, 1.807) is 16.9 Å². The van der Waals surface area contributed by atoms with E-state index < -0.39 is 0 Å². The zero-order valence-corrected chi connectivity index (χ0v) is 16.1. The monoisotopic (exact) mass is 380 g/mol. The minimum absolute atomic E-state index is 0.253. The van der Waals surface area contributed by atoms with Crippen LogP contribution in [0.1, 0.15) is 22.5 Å². The van der Waals surface area contributed by atoms with Crippen LogP contribution < -0.4 is 5.56 Å². The van der Waals surface area contributed by atoms with Crippen molar-refractivity contribution >= 4 is 22.4 Å². The van der Waals surface area contributed by atoms with E-state index in [0.717, 1.165) is 27.9 Å². The van der Waals surface area contributed by atoms with Crippen LogP contribution in [0.25, 0.3) is 33.5 Å². The van der Waals surface area contributed by atoms with Crippen LogP contribution in [0.4, 0.5) is 0 Å². The number of benzene rings is 2. The maximum atomic E-state index is 12.0. The van der Waals surface area contributed by atoms with E-state index in [1.165, 1.54) is 0 Å². The summed E-state index contributed by atoms with van der Waals surface area (Å²) in [5.74, 6) is 0. The van der Waals surface area contributed by atoms with Gasteiger partial charge in [0.1, 0.15) is 0 Å². The molecule has 0 saturated heterocycles. The Morgan fingerprint density at radius 2 is 1.97 bits per heavy atom. The fourth-order valence-electron chi connectivity index (χ4n) is 3.28. The summed E-state index contributed by atoms with van der Waals surface area (Å²) in [4.78, 5) is 12.0. The highest BCUT2D eigenvalue weighted by Crippen LogP contribution is 2.29. The molecule has 0 atom stereocenters. The molecular formula is C23H18N5O. The number of rotatable bonds is 3. The summed E-state index contributed by atoms with van der Waals surface area (Å²) in [5, 5.41) is 21.7. The number of nitrogens with zero attached hydrogens (tertiary/aromatic N) is 4. The fourth-order valence-corrected chi connectivity index (χ4v) is 3.28. The lowest BCUT2D eigenvalue weighted by Crippen LogP contribution is -2.09. The number of aryl methyl sites for hydroxylation is 2. The third-order valence-corrected chi connectivity index (χ3v) is 4.93. The summed E-state index contributed by atoms with van der Waals surface area (Å²) in [6, 6.07) is 15.6. The van der Waals surface area contributed by atoms with Crippen molar-refractivity contribution in [1.82, 2.24) is 20.0 Å². The van der Waals surface area contributed by atoms with Crippen molar-refractivity contribution in [2.24, 2.45) is 7.05 Å². The molecule has 0 unspecified atom stereocenters. The van der Waals surface area contributed by atoms with Gasteiger partial charge in [-0.25, -0.2) is 5.10 Å². The number of aromatic nitrogens is 4. The Labute approximate surface area is 167 Å². The predicted molar refractivity (Wildman–Crippen MR) is 114 cm³/mol. The molecule has 1 N–H and O–H groups in total. The Hall–Kier alpha value is -3.98. The Kier molecular flexibility index (Phi) is 4.57. The van der Waals surface area contributed by atoms with E-state index in [2.05, 4.69) is 28.3 Å². The van der Waals surface area contributed by atoms with Gasteiger partial charge >= 0.3 is 0 Å². The quantitative estimate of drug-likeness (QED) is 0.547. The van der Waals surface area contributed by atoms with Gasteiger partial charge in [-0.1, -0.05) is 35.9 Å². The molecule has 0 aliphatic rings. The average molecular weight is 380 g/mol. The molecule has 0 aliphatic carbocycles. The Bertz CT molecular complexity index is 1350. The first-order chi connectivity index (χ1) is 14.0. The highest BCUT2D eigenvalue weighted by molar-refractivity contribution is 5.94. The van der Waals surface area contributed by atoms with Crippen LogP contribution in [0.15, 0.2) is 53.5 Å². The lowest BCUT2D eigenvalue weighted by Gasteiger charge is -2.07. The predicted octanol–water partition coefficient (Wildman–Crippen LogP) is 3.88. The van der Waals surface area contributed by atoms with E-state index >= 15 is 0 Å². The van der Waals surface area contributed by atoms with Crippen LogP contribution >= 0.6 is 0 Å². The van der Waals surface area contributed by atoms with Gasteiger partial charge in [-0.3, -0.25) is 9.48 Å². The van der Waals surface area contributed by atoms with Gasteiger partial charge in [0.25, 0.3) is 5.56 Å². The number of H-pyrrole nitrogens is 1. The molecule has 1 radical (unpaired) electrons. The molecule has 0 saturated carbocycles. The van der Waals surface area contributed by atoms with Gasteiger partial charge in [-0.15, -0.1) is 0 Å². The van der Waals surface area contributed by atoms with Gasteiger partial charge in [0.15, 0.2) is 0 Å². The standard InChI is InChI=1S/C23H18N5O/c1-14-4-6-16(7-5-14)18(12-24)11-22-21(13-25-28(22)3)17-8-9-19-20(10-17)15(2)26-27-23(19)29/h4-11,13H,2H2,1,3H3,(H,27,29)/b18-11+. The number of hydrogen-bond donors (Lipinski definition) is 1. The number of nitrogens with one attached hydrogen (secondary N) is 1. The zero-order valence-electron chi connectivity index (χ0n) is 16.1. The van der Waals surface area contributed by atoms with Crippen LogP contribution in [0.5, 0.6) is 0 Å². The highest BCUT2D eigenvalue weighted by Gasteiger charge is 2.13. The molecule has 4 aromatic rings. The van der Waals surface area contributed by atoms with E-state index in [4.69, 9.17) is 0 Å². The summed E-state index contributed by atoms with van der Waals surface area (Å²) >= 11 is 0. The summed E-state index contributed by atoms with van der Waals surface area (Å²) in [6.07, 6.45) is 3.58. The van der Waals surface area contributed by atoms with Crippen molar-refractivity contribution in [2.75, 3.05) is 0 Å². The lowest BCUT2D eigenvalue weighted by atomic mass is 9.99. The van der Waals surface area contributed by atoms with Gasteiger partial charge in [0, 0.05) is 18.0 Å². The molecular weight excluding hydrogens is 362 g/mol. The maximum absolute atomic E-state index is 12.0. The summed E-state index contributed by atoms with van der Waals surface area (Å²) < 4.78 is 1.73. The van der Waals surface area contributed by atoms with Crippen LogP contribution in [-0.2, 0) is 7.05 Å². The molecule has 29 heavy (non-hydrogen) atoms. The van der Waals surface area contributed by atoms with Crippen molar-refractivity contribution < 1.29 is 0 Å². The Morgan fingerprint density at radius 1 is 1.21 bits per heavy atom. The largest absolute Gasteiger partial charge is 0.272 e. The Balaban J connectivity index is 1.87. The van der Waals surface area contributed by atoms with E-state index in [1.807, 2.05) is 56.4 Å². The molecule has 0 aliphatic heterocycles. The molecule has 2 aromatic carbocycles. The van der Waals surface area contributed by atoms with Gasteiger partial charge in [-0.2, -0.15) is 15.5 Å². The van der Waals surface area contributed by atoms with Gasteiger partial charge in [0.05, 0.1) is 34.6 Å². The van der Waals surface area contributed by atoms with Crippen molar-refractivity contribution in [2.45, 2.75) is 6.92 Å². The van der Waals surface area contributed by atoms with Crippen LogP contribution in [-0.4, -0.2) is 20.0 Å². The zero-order chi connectivity index (χ0) is 20.5. The number of allylic oxidation sites excluding steroid dienone is 1. The van der Waals surface area contributed by atoms with Crippen molar-refractivity contribution in [1.29, 1.82) is 5.26 Å². The van der Waals surface area contributed by atoms with Crippen molar-refractivity contribution in [3.63, 3.8) is 0 Å². The molecule has 0 amide bonds. The third-order valence-electron chi connectivity index (χ3n) is 4.93. The van der Waals surface area contributed by atoms with Crippen LogP contribution in [0.3, 0.4) is 0 Å². The Morgan fingerprint density at radius 3 is 2.69 bits per heavy atom. The van der Waals surface area contributed by atoms with Crippen molar-refractivity contribution in [3.8, 4) is 17.2 Å². The summed E-state index contributed by atoms with van der Waals surface area (Å²) in [5.41, 5.74) is 5.30. The maximum Gasteiger partial charge on any atom is 0.272 e. The molecule has 0 spiro atoms. The molecule has 0 bridgehead atoms. The van der Waals surface area contributed by atoms with Crippen LogP contribution in [0.2, 0.25) is 0 Å². The first kappa shape index (κ1) is 18.4. The van der Waals surface area contributed by atoms with Gasteiger partial charge in [0.2, 0.25) is 0 Å². The molecule has 2 aromatic heterocycles. The highest BCUT2D eigenvalue weighted by atomic mass is 16.1. The topological polar surface area (TPSA) is 87.4 Å². The average Bonchev–Trinajstić information content (AvgIpc) is 3.09. The third kappa shape index (κ3) is 3.34. The second-order valence-corrected chi connectivity index (χ2v) is 6.86. The van der Waals surface area contributed by atoms with Gasteiger partial charge < -0.3 is 0 Å². The molecule has 6 heteroatoms. The molecule has 141 valence electrons. The molecule has 4 rings (SSSR count). The normalized spacial score (nSPS) is 11.6. The first-order valence-electron chi connectivity index (χ1n) is 9.03. The summed E-state index contributed by atoms with van der Waals surface area (Å²) in [7, 11) is 1.83. The smallest absolute Gasteiger partial charge is 0.268 e. The fraction of sp³-hybridized carbons (Fsp3) is 0.0870. The van der Waals surface area contributed by atoms with E-state index in [0.29, 0.717) is 22.0 Å². The number of aromatic amines is 1.